The lowest BCUT2D eigenvalue weighted by Crippen LogP contribution is -2.35. The van der Waals surface area contributed by atoms with Crippen LogP contribution in [-0.2, 0) is 9.47 Å². The minimum Gasteiger partial charge on any atom is -0.344 e. The molecule has 2 aliphatic carbocycles. The first-order valence-corrected chi connectivity index (χ1v) is 7.67. The van der Waals surface area contributed by atoms with Crippen LogP contribution in [0.25, 0.3) is 0 Å². The molecule has 0 amide bonds. The molecule has 2 nitrogen and oxygen atoms in total. The van der Waals surface area contributed by atoms with Gasteiger partial charge in [0.1, 0.15) is 6.10 Å². The Morgan fingerprint density at radius 1 is 0.947 bits per heavy atom. The highest BCUT2D eigenvalue weighted by atomic mass is 16.7. The fourth-order valence-electron chi connectivity index (χ4n) is 4.71. The first-order valence-electron chi connectivity index (χ1n) is 7.67. The molecule has 0 bridgehead atoms. The van der Waals surface area contributed by atoms with Crippen molar-refractivity contribution in [1.29, 1.82) is 0 Å². The molecule has 0 aromatic carbocycles. The fourth-order valence-corrected chi connectivity index (χ4v) is 4.71. The normalized spacial score (nSPS) is 42.2. The molecule has 3 rings (SSSR count). The number of ether oxygens (including phenoxy) is 2. The molecule has 19 heavy (non-hydrogen) atoms. The highest BCUT2D eigenvalue weighted by Gasteiger charge is 2.58. The van der Waals surface area contributed by atoms with Gasteiger partial charge in [-0.2, -0.15) is 0 Å². The van der Waals surface area contributed by atoms with Gasteiger partial charge in [0.25, 0.3) is 0 Å². The average molecular weight is 264 g/mol. The Morgan fingerprint density at radius 3 is 2.21 bits per heavy atom. The smallest absolute Gasteiger partial charge is 0.164 e. The van der Waals surface area contributed by atoms with Gasteiger partial charge in [-0.15, -0.1) is 0 Å². The molecule has 1 fully saturated rings. The highest BCUT2D eigenvalue weighted by Crippen LogP contribution is 2.62. The van der Waals surface area contributed by atoms with E-state index in [-0.39, 0.29) is 17.6 Å². The predicted molar refractivity (Wildman–Crippen MR) is 76.8 cm³/mol. The van der Waals surface area contributed by atoms with Crippen molar-refractivity contribution in [3.05, 3.63) is 11.1 Å². The maximum atomic E-state index is 6.26. The van der Waals surface area contributed by atoms with E-state index >= 15 is 0 Å². The second kappa shape index (κ2) is 3.65. The quantitative estimate of drug-likeness (QED) is 0.607. The first kappa shape index (κ1) is 13.6. The maximum Gasteiger partial charge on any atom is 0.164 e. The summed E-state index contributed by atoms with van der Waals surface area (Å²) in [4.78, 5) is 0. The minimum atomic E-state index is -0.427. The average Bonchev–Trinajstić information content (AvgIpc) is 2.65. The second-order valence-corrected chi connectivity index (χ2v) is 8.19. The summed E-state index contributed by atoms with van der Waals surface area (Å²) in [7, 11) is 0. The van der Waals surface area contributed by atoms with Crippen LogP contribution in [0.3, 0.4) is 0 Å². The summed E-state index contributed by atoms with van der Waals surface area (Å²) in [5, 5.41) is 0. The molecule has 0 aromatic heterocycles. The number of fused-ring (bicyclic) bond motifs is 2. The molecular weight excluding hydrogens is 236 g/mol. The molecular formula is C17H28O2. The van der Waals surface area contributed by atoms with Gasteiger partial charge in [0.2, 0.25) is 0 Å². The Hall–Kier alpha value is -0.340. The van der Waals surface area contributed by atoms with Crippen molar-refractivity contribution in [2.75, 3.05) is 0 Å². The fraction of sp³-hybridized carbons (Fsp3) is 0.882. The van der Waals surface area contributed by atoms with Gasteiger partial charge < -0.3 is 9.47 Å². The van der Waals surface area contributed by atoms with Gasteiger partial charge in [0.15, 0.2) is 5.79 Å². The Kier molecular flexibility index (Phi) is 2.62. The van der Waals surface area contributed by atoms with Crippen LogP contribution in [0.4, 0.5) is 0 Å². The second-order valence-electron chi connectivity index (χ2n) is 8.19. The van der Waals surface area contributed by atoms with Crippen molar-refractivity contribution in [1.82, 2.24) is 0 Å². The van der Waals surface area contributed by atoms with Gasteiger partial charge in [0.05, 0.1) is 6.10 Å². The molecule has 3 atom stereocenters. The molecule has 0 saturated carbocycles. The van der Waals surface area contributed by atoms with E-state index in [4.69, 9.17) is 9.47 Å². The van der Waals surface area contributed by atoms with E-state index in [9.17, 15) is 0 Å². The summed E-state index contributed by atoms with van der Waals surface area (Å²) >= 11 is 0. The summed E-state index contributed by atoms with van der Waals surface area (Å²) in [6.45, 7) is 16.1. The Morgan fingerprint density at radius 2 is 1.58 bits per heavy atom. The molecule has 0 aromatic rings. The number of hydrogen-bond donors (Lipinski definition) is 0. The zero-order valence-corrected chi connectivity index (χ0v) is 13.5. The van der Waals surface area contributed by atoms with Crippen molar-refractivity contribution in [2.45, 2.75) is 79.3 Å². The van der Waals surface area contributed by atoms with Crippen LogP contribution in [0, 0.1) is 16.7 Å². The Bertz CT molecular complexity index is 442. The van der Waals surface area contributed by atoms with Crippen LogP contribution in [-0.4, -0.2) is 18.0 Å². The molecule has 0 radical (unpaired) electrons. The summed E-state index contributed by atoms with van der Waals surface area (Å²) in [5.74, 6) is 0.222. The van der Waals surface area contributed by atoms with Crippen LogP contribution in [0.2, 0.25) is 0 Å². The topological polar surface area (TPSA) is 18.5 Å². The van der Waals surface area contributed by atoms with Crippen LogP contribution in [0.5, 0.6) is 0 Å². The lowest BCUT2D eigenvalue weighted by molar-refractivity contribution is -0.144. The molecule has 0 N–H and O–H groups in total. The van der Waals surface area contributed by atoms with Crippen molar-refractivity contribution in [2.24, 2.45) is 16.7 Å². The van der Waals surface area contributed by atoms with Crippen molar-refractivity contribution in [3.8, 4) is 0 Å². The summed E-state index contributed by atoms with van der Waals surface area (Å²) in [6.07, 6.45) is 2.72. The first-order chi connectivity index (χ1) is 8.57. The SMILES string of the molecule is C[C@@H]1C(C)(C)C2=C([C@@H]3OC(C)(C)OC3CC2)C1(C)C. The summed E-state index contributed by atoms with van der Waals surface area (Å²) in [5.41, 5.74) is 3.70. The van der Waals surface area contributed by atoms with Crippen molar-refractivity contribution in [3.63, 3.8) is 0 Å². The van der Waals surface area contributed by atoms with E-state index in [2.05, 4.69) is 34.6 Å². The van der Waals surface area contributed by atoms with E-state index < -0.39 is 5.79 Å². The largest absolute Gasteiger partial charge is 0.344 e. The van der Waals surface area contributed by atoms with Gasteiger partial charge in [-0.3, -0.25) is 0 Å². The molecule has 108 valence electrons. The standard InChI is InChI=1S/C17H28O2/c1-10-15(2,3)11-8-9-12-14(13(11)16(10,4)5)19-17(6,7)18-12/h10,12,14H,8-9H2,1-7H3/t10-,12?,14-/m1/s1. The van der Waals surface area contributed by atoms with Crippen LogP contribution in [0.15, 0.2) is 11.1 Å². The van der Waals surface area contributed by atoms with E-state index in [1.807, 2.05) is 13.8 Å². The zero-order valence-electron chi connectivity index (χ0n) is 13.5. The van der Waals surface area contributed by atoms with Crippen molar-refractivity contribution >= 4 is 0 Å². The molecule has 1 unspecified atom stereocenters. The molecule has 1 heterocycles. The van der Waals surface area contributed by atoms with Gasteiger partial charge in [-0.1, -0.05) is 40.2 Å². The molecule has 1 saturated heterocycles. The van der Waals surface area contributed by atoms with Gasteiger partial charge >= 0.3 is 0 Å². The molecule has 1 aliphatic heterocycles. The van der Waals surface area contributed by atoms with Crippen molar-refractivity contribution < 1.29 is 9.47 Å². The van der Waals surface area contributed by atoms with Crippen LogP contribution < -0.4 is 0 Å². The lowest BCUT2D eigenvalue weighted by atomic mass is 9.69. The van der Waals surface area contributed by atoms with E-state index in [1.54, 1.807) is 11.1 Å². The highest BCUT2D eigenvalue weighted by molar-refractivity contribution is 5.40. The monoisotopic (exact) mass is 264 g/mol. The number of allylic oxidation sites excluding steroid dienone is 1. The van der Waals surface area contributed by atoms with Crippen LogP contribution >= 0.6 is 0 Å². The maximum absolute atomic E-state index is 6.26. The summed E-state index contributed by atoms with van der Waals surface area (Å²) in [6, 6.07) is 0. The number of rotatable bonds is 0. The molecule has 3 aliphatic rings. The third-order valence-corrected chi connectivity index (χ3v) is 6.11. The third kappa shape index (κ3) is 1.69. The Balaban J connectivity index is 2.08. The van der Waals surface area contributed by atoms with E-state index in [0.717, 1.165) is 6.42 Å². The van der Waals surface area contributed by atoms with E-state index in [0.29, 0.717) is 11.3 Å². The van der Waals surface area contributed by atoms with Crippen LogP contribution in [0.1, 0.15) is 61.3 Å². The third-order valence-electron chi connectivity index (χ3n) is 6.11. The number of hydrogen-bond acceptors (Lipinski definition) is 2. The predicted octanol–water partition coefficient (Wildman–Crippen LogP) is 4.30. The van der Waals surface area contributed by atoms with Gasteiger partial charge in [-0.05, 0) is 49.0 Å². The zero-order chi connectivity index (χ0) is 14.2. The van der Waals surface area contributed by atoms with E-state index in [1.165, 1.54) is 6.42 Å². The summed E-state index contributed by atoms with van der Waals surface area (Å²) < 4.78 is 12.4. The molecule has 2 heteroatoms. The minimum absolute atomic E-state index is 0.179. The Labute approximate surface area is 117 Å². The van der Waals surface area contributed by atoms with Gasteiger partial charge in [-0.25, -0.2) is 0 Å². The lowest BCUT2D eigenvalue weighted by Gasteiger charge is -2.36. The van der Waals surface area contributed by atoms with Gasteiger partial charge in [0, 0.05) is 0 Å². The molecule has 0 spiro atoms.